The second-order valence-corrected chi connectivity index (χ2v) is 2.70. The second-order valence-electron chi connectivity index (χ2n) is 2.70. The topological polar surface area (TPSA) is 41.1 Å². The van der Waals surface area contributed by atoms with Crippen molar-refractivity contribution in [3.63, 3.8) is 0 Å². The SMILES string of the molecule is CC.CC.Cc1cc(C#N)c2nccn2c1. The Morgan fingerprint density at radius 2 is 1.88 bits per heavy atom. The van der Waals surface area contributed by atoms with Gasteiger partial charge < -0.3 is 4.40 Å². The first kappa shape index (κ1) is 14.2. The van der Waals surface area contributed by atoms with Gasteiger partial charge in [0, 0.05) is 18.6 Å². The average Bonchev–Trinajstić information content (AvgIpc) is 2.81. The Labute approximate surface area is 97.4 Å². The summed E-state index contributed by atoms with van der Waals surface area (Å²) >= 11 is 0. The summed E-state index contributed by atoms with van der Waals surface area (Å²) in [6.45, 7) is 9.96. The van der Waals surface area contributed by atoms with Gasteiger partial charge in [-0.15, -0.1) is 0 Å². The smallest absolute Gasteiger partial charge is 0.154 e. The molecule has 2 heterocycles. The zero-order chi connectivity index (χ0) is 12.6. The zero-order valence-corrected chi connectivity index (χ0v) is 10.7. The first-order chi connectivity index (χ1) is 7.81. The number of aryl methyl sites for hydroxylation is 1. The van der Waals surface area contributed by atoms with Gasteiger partial charge in [-0.25, -0.2) is 4.98 Å². The quantitative estimate of drug-likeness (QED) is 0.677. The molecule has 2 aromatic rings. The number of imidazole rings is 1. The molecule has 0 fully saturated rings. The summed E-state index contributed by atoms with van der Waals surface area (Å²) in [5.74, 6) is 0. The minimum absolute atomic E-state index is 0.625. The van der Waals surface area contributed by atoms with Crippen LogP contribution in [0.2, 0.25) is 0 Å². The molecule has 0 saturated carbocycles. The molecule has 0 spiro atoms. The summed E-state index contributed by atoms with van der Waals surface area (Å²) in [7, 11) is 0. The summed E-state index contributed by atoms with van der Waals surface area (Å²) in [6.07, 6.45) is 5.47. The Hall–Kier alpha value is -1.82. The van der Waals surface area contributed by atoms with Crippen LogP contribution in [0.1, 0.15) is 38.8 Å². The van der Waals surface area contributed by atoms with E-state index in [2.05, 4.69) is 11.1 Å². The monoisotopic (exact) mass is 217 g/mol. The fourth-order valence-corrected chi connectivity index (χ4v) is 1.26. The molecule has 3 heteroatoms. The summed E-state index contributed by atoms with van der Waals surface area (Å²) < 4.78 is 1.86. The molecule has 0 amide bonds. The molecule has 0 aliphatic rings. The number of rotatable bonds is 0. The highest BCUT2D eigenvalue weighted by Gasteiger charge is 2.01. The summed E-state index contributed by atoms with van der Waals surface area (Å²) in [5.41, 5.74) is 2.42. The van der Waals surface area contributed by atoms with Crippen LogP contribution in [0.3, 0.4) is 0 Å². The third-order valence-electron chi connectivity index (χ3n) is 1.74. The van der Waals surface area contributed by atoms with E-state index < -0.39 is 0 Å². The van der Waals surface area contributed by atoms with Crippen molar-refractivity contribution in [1.82, 2.24) is 9.38 Å². The van der Waals surface area contributed by atoms with E-state index in [-0.39, 0.29) is 0 Å². The molecule has 0 radical (unpaired) electrons. The van der Waals surface area contributed by atoms with Gasteiger partial charge in [0.2, 0.25) is 0 Å². The number of nitrogens with zero attached hydrogens (tertiary/aromatic N) is 3. The number of fused-ring (bicyclic) bond motifs is 1. The molecule has 86 valence electrons. The molecule has 0 unspecified atom stereocenters. The van der Waals surface area contributed by atoms with E-state index in [0.717, 1.165) is 11.2 Å². The standard InChI is InChI=1S/C9H7N3.2C2H6/c1-7-4-8(5-10)9-11-2-3-12(9)6-7;2*1-2/h2-4,6H,1H3;2*1-2H3. The fourth-order valence-electron chi connectivity index (χ4n) is 1.26. The molecule has 0 aromatic carbocycles. The highest BCUT2D eigenvalue weighted by Crippen LogP contribution is 2.09. The Morgan fingerprint density at radius 3 is 2.44 bits per heavy atom. The first-order valence-corrected chi connectivity index (χ1v) is 5.64. The Bertz CT molecular complexity index is 463. The van der Waals surface area contributed by atoms with Crippen LogP contribution in [0, 0.1) is 18.3 Å². The van der Waals surface area contributed by atoms with Crippen molar-refractivity contribution in [3.05, 3.63) is 35.8 Å². The van der Waals surface area contributed by atoms with Crippen LogP contribution in [0.4, 0.5) is 0 Å². The van der Waals surface area contributed by atoms with Gasteiger partial charge in [0.15, 0.2) is 5.65 Å². The molecule has 0 saturated heterocycles. The van der Waals surface area contributed by atoms with Crippen LogP contribution >= 0.6 is 0 Å². The van der Waals surface area contributed by atoms with E-state index in [1.54, 1.807) is 6.20 Å². The third-order valence-corrected chi connectivity index (χ3v) is 1.74. The van der Waals surface area contributed by atoms with Crippen molar-refractivity contribution in [3.8, 4) is 6.07 Å². The van der Waals surface area contributed by atoms with Crippen molar-refractivity contribution in [2.45, 2.75) is 34.6 Å². The van der Waals surface area contributed by atoms with Crippen LogP contribution in [-0.2, 0) is 0 Å². The van der Waals surface area contributed by atoms with Gasteiger partial charge in [-0.05, 0) is 18.6 Å². The molecule has 0 atom stereocenters. The Balaban J connectivity index is 0.000000509. The van der Waals surface area contributed by atoms with E-state index in [9.17, 15) is 0 Å². The number of hydrogen-bond acceptors (Lipinski definition) is 2. The number of pyridine rings is 1. The molecule has 2 rings (SSSR count). The molecule has 0 N–H and O–H groups in total. The minimum Gasteiger partial charge on any atom is -0.306 e. The largest absolute Gasteiger partial charge is 0.306 e. The van der Waals surface area contributed by atoms with E-state index in [0.29, 0.717) is 5.56 Å². The number of hydrogen-bond donors (Lipinski definition) is 0. The molecular formula is C13H19N3. The average molecular weight is 217 g/mol. The van der Waals surface area contributed by atoms with E-state index in [1.165, 1.54) is 0 Å². The van der Waals surface area contributed by atoms with Crippen LogP contribution in [0.15, 0.2) is 24.7 Å². The minimum atomic E-state index is 0.625. The maximum absolute atomic E-state index is 8.78. The summed E-state index contributed by atoms with van der Waals surface area (Å²) in [5, 5.41) is 8.78. The van der Waals surface area contributed by atoms with Crippen LogP contribution < -0.4 is 0 Å². The zero-order valence-electron chi connectivity index (χ0n) is 10.7. The van der Waals surface area contributed by atoms with Crippen molar-refractivity contribution in [1.29, 1.82) is 5.26 Å². The van der Waals surface area contributed by atoms with Gasteiger partial charge >= 0.3 is 0 Å². The second kappa shape index (κ2) is 7.47. The lowest BCUT2D eigenvalue weighted by Gasteiger charge is -1.97. The van der Waals surface area contributed by atoms with Gasteiger partial charge in [-0.1, -0.05) is 27.7 Å². The van der Waals surface area contributed by atoms with Crippen LogP contribution in [0.5, 0.6) is 0 Å². The maximum Gasteiger partial charge on any atom is 0.154 e. The van der Waals surface area contributed by atoms with Gasteiger partial charge in [0.1, 0.15) is 6.07 Å². The van der Waals surface area contributed by atoms with Crippen molar-refractivity contribution in [2.24, 2.45) is 0 Å². The number of aromatic nitrogens is 2. The van der Waals surface area contributed by atoms with Crippen molar-refractivity contribution < 1.29 is 0 Å². The molecule has 16 heavy (non-hydrogen) atoms. The lowest BCUT2D eigenvalue weighted by molar-refractivity contribution is 1.15. The summed E-state index contributed by atoms with van der Waals surface area (Å²) in [4.78, 5) is 4.07. The molecule has 0 aliphatic heterocycles. The van der Waals surface area contributed by atoms with Gasteiger partial charge in [0.05, 0.1) is 5.56 Å². The first-order valence-electron chi connectivity index (χ1n) is 5.64. The predicted octanol–water partition coefficient (Wildman–Crippen LogP) is 3.57. The molecule has 0 aliphatic carbocycles. The molecule has 0 bridgehead atoms. The molecule has 2 aromatic heterocycles. The highest BCUT2D eigenvalue weighted by molar-refractivity contribution is 5.55. The Morgan fingerprint density at radius 1 is 1.25 bits per heavy atom. The number of nitriles is 1. The van der Waals surface area contributed by atoms with Gasteiger partial charge in [0.25, 0.3) is 0 Å². The third kappa shape index (κ3) is 3.09. The van der Waals surface area contributed by atoms with Crippen molar-refractivity contribution in [2.75, 3.05) is 0 Å². The van der Waals surface area contributed by atoms with E-state index >= 15 is 0 Å². The normalized spacial score (nSPS) is 8.25. The van der Waals surface area contributed by atoms with E-state index in [4.69, 9.17) is 5.26 Å². The maximum atomic E-state index is 8.78. The molecule has 3 nitrogen and oxygen atoms in total. The van der Waals surface area contributed by atoms with Crippen molar-refractivity contribution >= 4 is 5.65 Å². The van der Waals surface area contributed by atoms with Gasteiger partial charge in [-0.2, -0.15) is 5.26 Å². The van der Waals surface area contributed by atoms with Gasteiger partial charge in [-0.3, -0.25) is 0 Å². The highest BCUT2D eigenvalue weighted by atomic mass is 15.0. The fraction of sp³-hybridized carbons (Fsp3) is 0.385. The predicted molar refractivity (Wildman–Crippen MR) is 67.3 cm³/mol. The van der Waals surface area contributed by atoms with Crippen LogP contribution in [0.25, 0.3) is 5.65 Å². The molecular weight excluding hydrogens is 198 g/mol. The lowest BCUT2D eigenvalue weighted by atomic mass is 10.2. The summed E-state index contributed by atoms with van der Waals surface area (Å²) in [6, 6.07) is 3.95. The van der Waals surface area contributed by atoms with E-state index in [1.807, 2.05) is 57.5 Å². The van der Waals surface area contributed by atoms with Crippen LogP contribution in [-0.4, -0.2) is 9.38 Å². The Kier molecular flexibility index (Phi) is 6.62. The lowest BCUT2D eigenvalue weighted by Crippen LogP contribution is -1.89.